The molecule has 2 fully saturated rings. The molecule has 28 heavy (non-hydrogen) atoms. The van der Waals surface area contributed by atoms with Crippen molar-refractivity contribution in [3.8, 4) is 0 Å². The first kappa shape index (κ1) is 23.3. The number of hydrogen-bond acceptors (Lipinski definition) is 5. The van der Waals surface area contributed by atoms with Gasteiger partial charge in [0.2, 0.25) is 5.91 Å². The Kier molecular flexibility index (Phi) is 8.89. The van der Waals surface area contributed by atoms with E-state index in [4.69, 9.17) is 0 Å². The number of likely N-dealkylation sites (tertiary alicyclic amines) is 1. The summed E-state index contributed by atoms with van der Waals surface area (Å²) in [6, 6.07) is 4.66. The van der Waals surface area contributed by atoms with Crippen molar-refractivity contribution in [3.63, 3.8) is 0 Å². The molecule has 1 atom stereocenters. The fourth-order valence-corrected chi connectivity index (χ4v) is 4.68. The Morgan fingerprint density at radius 1 is 1.21 bits per heavy atom. The molecule has 0 spiro atoms. The largest absolute Gasteiger partial charge is 0.340 e. The Balaban J connectivity index is 0.00000140. The Hall–Kier alpha value is -0.990. The van der Waals surface area contributed by atoms with Crippen LogP contribution >= 0.6 is 36.6 Å². The number of carbonyl (C=O) groups excluding carboxylic acids is 1. The lowest BCUT2D eigenvalue weighted by atomic mass is 10.2. The van der Waals surface area contributed by atoms with E-state index in [9.17, 15) is 4.79 Å². The van der Waals surface area contributed by atoms with Gasteiger partial charge in [-0.3, -0.25) is 9.69 Å². The van der Waals surface area contributed by atoms with Crippen molar-refractivity contribution >= 4 is 48.1 Å². The van der Waals surface area contributed by atoms with E-state index in [1.54, 1.807) is 11.8 Å². The number of halogens is 2. The van der Waals surface area contributed by atoms with Crippen LogP contribution in [0.3, 0.4) is 0 Å². The lowest BCUT2D eigenvalue weighted by Gasteiger charge is -2.32. The molecule has 0 bridgehead atoms. The molecule has 2 aromatic rings. The second-order valence-corrected chi connectivity index (χ2v) is 8.25. The number of piperazine rings is 1. The maximum Gasteiger partial charge on any atom is 0.232 e. The minimum Gasteiger partial charge on any atom is -0.340 e. The summed E-state index contributed by atoms with van der Waals surface area (Å²) in [6.07, 6.45) is 5.26. The Morgan fingerprint density at radius 3 is 2.79 bits per heavy atom. The highest BCUT2D eigenvalue weighted by Crippen LogP contribution is 2.19. The van der Waals surface area contributed by atoms with Gasteiger partial charge in [-0.1, -0.05) is 6.07 Å². The Bertz CT molecular complexity index is 781. The summed E-state index contributed by atoms with van der Waals surface area (Å²) in [5.41, 5.74) is 3.22. The molecule has 0 radical (unpaired) electrons. The molecule has 0 saturated carbocycles. The third kappa shape index (κ3) is 5.54. The smallest absolute Gasteiger partial charge is 0.232 e. The molecule has 4 rings (SSSR count). The number of thioether (sulfide) groups is 1. The summed E-state index contributed by atoms with van der Waals surface area (Å²) in [6.45, 7) is 8.23. The maximum absolute atomic E-state index is 12.5. The molecule has 2 saturated heterocycles. The zero-order valence-corrected chi connectivity index (χ0v) is 18.6. The van der Waals surface area contributed by atoms with Crippen molar-refractivity contribution in [1.82, 2.24) is 24.5 Å². The van der Waals surface area contributed by atoms with Gasteiger partial charge in [0.1, 0.15) is 5.65 Å². The van der Waals surface area contributed by atoms with Crippen LogP contribution in [0.4, 0.5) is 0 Å². The molecule has 2 aromatic heterocycles. The second-order valence-electron chi connectivity index (χ2n) is 7.27. The summed E-state index contributed by atoms with van der Waals surface area (Å²) in [4.78, 5) is 21.7. The zero-order chi connectivity index (χ0) is 17.9. The van der Waals surface area contributed by atoms with Gasteiger partial charge >= 0.3 is 0 Å². The van der Waals surface area contributed by atoms with Gasteiger partial charge in [-0.05, 0) is 25.0 Å². The van der Waals surface area contributed by atoms with E-state index in [-0.39, 0.29) is 30.7 Å². The summed E-state index contributed by atoms with van der Waals surface area (Å²) in [5, 5.41) is 3.40. The third-order valence-corrected chi connectivity index (χ3v) is 6.26. The summed E-state index contributed by atoms with van der Waals surface area (Å²) in [7, 11) is 0. The lowest BCUT2D eigenvalue weighted by Crippen LogP contribution is -2.49. The normalized spacial score (nSPS) is 20.0. The molecule has 0 aromatic carbocycles. The van der Waals surface area contributed by atoms with Gasteiger partial charge in [-0.2, -0.15) is 0 Å². The van der Waals surface area contributed by atoms with E-state index >= 15 is 0 Å². The van der Waals surface area contributed by atoms with Crippen molar-refractivity contribution in [2.24, 2.45) is 0 Å². The van der Waals surface area contributed by atoms with Crippen LogP contribution < -0.4 is 5.32 Å². The average molecular weight is 446 g/mol. The van der Waals surface area contributed by atoms with Crippen molar-refractivity contribution in [3.05, 3.63) is 35.8 Å². The van der Waals surface area contributed by atoms with Crippen LogP contribution in [-0.2, 0) is 10.5 Å². The average Bonchev–Trinajstić information content (AvgIpc) is 3.29. The number of aromatic nitrogens is 2. The number of imidazole rings is 1. The van der Waals surface area contributed by atoms with Crippen LogP contribution in [-0.4, -0.2) is 76.2 Å². The van der Waals surface area contributed by atoms with E-state index < -0.39 is 0 Å². The van der Waals surface area contributed by atoms with Crippen LogP contribution in [0.5, 0.6) is 0 Å². The topological polar surface area (TPSA) is 52.9 Å². The summed E-state index contributed by atoms with van der Waals surface area (Å²) >= 11 is 1.67. The summed E-state index contributed by atoms with van der Waals surface area (Å²) < 4.78 is 2.06. The van der Waals surface area contributed by atoms with E-state index in [0.717, 1.165) is 62.8 Å². The monoisotopic (exact) mass is 445 g/mol. The molecule has 156 valence electrons. The number of nitrogens with zero attached hydrogens (tertiary/aromatic N) is 4. The van der Waals surface area contributed by atoms with Gasteiger partial charge in [0.05, 0.1) is 11.4 Å². The molecule has 2 aliphatic heterocycles. The van der Waals surface area contributed by atoms with E-state index in [1.807, 2.05) is 11.0 Å². The minimum absolute atomic E-state index is 0. The van der Waals surface area contributed by atoms with Crippen LogP contribution in [0, 0.1) is 6.92 Å². The predicted octanol–water partition coefficient (Wildman–Crippen LogP) is 2.23. The van der Waals surface area contributed by atoms with Crippen LogP contribution in [0.1, 0.15) is 17.7 Å². The van der Waals surface area contributed by atoms with Gasteiger partial charge in [0.25, 0.3) is 0 Å². The highest BCUT2D eigenvalue weighted by atomic mass is 35.5. The fraction of sp³-hybridized carbons (Fsp3) is 0.579. The molecule has 2 aliphatic rings. The van der Waals surface area contributed by atoms with Gasteiger partial charge in [0, 0.05) is 63.5 Å². The van der Waals surface area contributed by atoms with Crippen molar-refractivity contribution in [2.45, 2.75) is 25.1 Å². The highest BCUT2D eigenvalue weighted by molar-refractivity contribution is 7.99. The van der Waals surface area contributed by atoms with Crippen molar-refractivity contribution < 1.29 is 4.79 Å². The Morgan fingerprint density at radius 2 is 2.00 bits per heavy atom. The zero-order valence-electron chi connectivity index (χ0n) is 16.2. The fourth-order valence-electron chi connectivity index (χ4n) is 3.87. The van der Waals surface area contributed by atoms with E-state index in [2.05, 4.69) is 45.0 Å². The molecule has 1 amide bonds. The van der Waals surface area contributed by atoms with Gasteiger partial charge < -0.3 is 14.6 Å². The molecule has 0 aliphatic carbocycles. The van der Waals surface area contributed by atoms with Crippen LogP contribution in [0.25, 0.3) is 5.65 Å². The van der Waals surface area contributed by atoms with E-state index in [0.29, 0.717) is 11.8 Å². The number of fused-ring (bicyclic) bond motifs is 1. The first-order valence-electron chi connectivity index (χ1n) is 9.43. The molecule has 1 N–H and O–H groups in total. The molecular weight excluding hydrogens is 417 g/mol. The predicted molar refractivity (Wildman–Crippen MR) is 120 cm³/mol. The quantitative estimate of drug-likeness (QED) is 0.764. The third-order valence-electron chi connectivity index (χ3n) is 5.31. The van der Waals surface area contributed by atoms with Gasteiger partial charge in [-0.15, -0.1) is 36.6 Å². The van der Waals surface area contributed by atoms with E-state index in [1.165, 1.54) is 5.56 Å². The summed E-state index contributed by atoms with van der Waals surface area (Å²) in [5.74, 6) is 1.59. The molecule has 1 unspecified atom stereocenters. The maximum atomic E-state index is 12.5. The number of hydrogen-bond donors (Lipinski definition) is 1. The van der Waals surface area contributed by atoms with Crippen LogP contribution in [0.15, 0.2) is 24.5 Å². The number of carbonyl (C=O) groups is 1. The number of aryl methyl sites for hydroxylation is 1. The van der Waals surface area contributed by atoms with Crippen molar-refractivity contribution in [1.29, 1.82) is 0 Å². The minimum atomic E-state index is 0. The SMILES string of the molecule is Cc1ccc2nc(CSCC(=O)N3CCC(N4CCNCC4)C3)cn2c1.Cl.Cl. The Labute approximate surface area is 183 Å². The number of pyridine rings is 1. The molecule has 4 heterocycles. The second kappa shape index (κ2) is 10.7. The van der Waals surface area contributed by atoms with Gasteiger partial charge in [-0.25, -0.2) is 4.98 Å². The number of amides is 1. The highest BCUT2D eigenvalue weighted by Gasteiger charge is 2.30. The van der Waals surface area contributed by atoms with Gasteiger partial charge in [0.15, 0.2) is 0 Å². The lowest BCUT2D eigenvalue weighted by molar-refractivity contribution is -0.127. The number of rotatable bonds is 5. The number of nitrogens with one attached hydrogen (secondary N) is 1. The first-order valence-corrected chi connectivity index (χ1v) is 10.6. The molecule has 6 nitrogen and oxygen atoms in total. The standard InChI is InChI=1S/C19H27N5OS.2ClH/c1-15-2-3-18-21-16(11-24(18)10-15)13-26-14-19(25)23-7-4-17(12-23)22-8-5-20-6-9-22;;/h2-3,10-11,17,20H,4-9,12-14H2,1H3;2*1H. The molecular formula is C19H29Cl2N5OS. The molecule has 9 heteroatoms. The van der Waals surface area contributed by atoms with Crippen molar-refractivity contribution in [2.75, 3.05) is 45.0 Å². The van der Waals surface area contributed by atoms with Crippen LogP contribution in [0.2, 0.25) is 0 Å². The first-order chi connectivity index (χ1) is 12.7.